The molecule has 0 amide bonds. The van der Waals surface area contributed by atoms with Gasteiger partial charge in [-0.25, -0.2) is 9.78 Å². The summed E-state index contributed by atoms with van der Waals surface area (Å²) >= 11 is 12.8. The number of pyridine rings is 1. The second kappa shape index (κ2) is 12.7. The van der Waals surface area contributed by atoms with Gasteiger partial charge in [-0.2, -0.15) is 0 Å². The van der Waals surface area contributed by atoms with Gasteiger partial charge in [0.2, 0.25) is 0 Å². The van der Waals surface area contributed by atoms with Gasteiger partial charge in [-0.1, -0.05) is 41.4 Å². The number of ether oxygens (including phenoxy) is 3. The van der Waals surface area contributed by atoms with Gasteiger partial charge >= 0.3 is 5.97 Å². The van der Waals surface area contributed by atoms with Crippen LogP contribution in [-0.2, 0) is 11.2 Å². The maximum absolute atomic E-state index is 13.0. The summed E-state index contributed by atoms with van der Waals surface area (Å²) in [6, 6.07) is 11.8. The number of carbonyl (C=O) groups is 2. The minimum Gasteiger partial charge on any atom is -0.870 e. The van der Waals surface area contributed by atoms with E-state index in [4.69, 9.17) is 37.4 Å². The van der Waals surface area contributed by atoms with E-state index < -0.39 is 12.1 Å². The van der Waals surface area contributed by atoms with Crippen molar-refractivity contribution in [2.45, 2.75) is 44.3 Å². The van der Waals surface area contributed by atoms with Gasteiger partial charge in [-0.3, -0.25) is 4.79 Å². The molecule has 3 aromatic rings. The Labute approximate surface area is 219 Å². The standard InChI is InChI=1S/C27H25Cl2NO5.H2O/c1-33-24-11-10-19(12-26(24)34-20-4-2-3-5-20)25(13-21-22(28)14-30-15-23(21)29)35-27(32)18-8-6-17(16-31)7-9-18;/h6-12,14-16,20,25H,2-5,13H2,1H3;1H2. The first-order valence-corrected chi connectivity index (χ1v) is 12.2. The van der Waals surface area contributed by atoms with Crippen LogP contribution >= 0.6 is 23.2 Å². The molecule has 0 aliphatic heterocycles. The van der Waals surface area contributed by atoms with Crippen molar-refractivity contribution in [3.05, 3.63) is 87.2 Å². The molecule has 190 valence electrons. The number of esters is 1. The van der Waals surface area contributed by atoms with Crippen molar-refractivity contribution in [2.75, 3.05) is 7.11 Å². The first kappa shape index (κ1) is 27.5. The van der Waals surface area contributed by atoms with E-state index in [1.807, 2.05) is 12.1 Å². The van der Waals surface area contributed by atoms with Gasteiger partial charge in [0, 0.05) is 17.5 Å². The molecule has 2 aromatic carbocycles. The monoisotopic (exact) mass is 531 g/mol. The first-order valence-electron chi connectivity index (χ1n) is 11.4. The fourth-order valence-electron chi connectivity index (χ4n) is 4.15. The Bertz CT molecular complexity index is 1180. The SMILES string of the molecule is COc1ccc(C(Cc2c(Cl)c[nH+]cc2Cl)OC(=O)c2ccc(C=O)cc2)cc1OC1CCCC1.[OH-]. The maximum Gasteiger partial charge on any atom is 0.338 e. The van der Waals surface area contributed by atoms with Crippen LogP contribution in [0.4, 0.5) is 0 Å². The molecule has 1 fully saturated rings. The summed E-state index contributed by atoms with van der Waals surface area (Å²) < 4.78 is 17.7. The number of H-pyrrole nitrogens is 1. The summed E-state index contributed by atoms with van der Waals surface area (Å²) in [6.45, 7) is 0. The molecular formula is C27H27Cl2NO6. The van der Waals surface area contributed by atoms with Crippen molar-refractivity contribution in [1.82, 2.24) is 0 Å². The normalized spacial score (nSPS) is 14.0. The van der Waals surface area contributed by atoms with E-state index in [9.17, 15) is 9.59 Å². The number of nitrogens with one attached hydrogen (secondary N) is 1. The molecule has 1 aliphatic rings. The molecule has 1 aliphatic carbocycles. The molecule has 1 saturated carbocycles. The van der Waals surface area contributed by atoms with Crippen molar-refractivity contribution in [3.8, 4) is 11.5 Å². The highest BCUT2D eigenvalue weighted by Crippen LogP contribution is 2.37. The summed E-state index contributed by atoms with van der Waals surface area (Å²) in [6.07, 6.45) is 7.91. The highest BCUT2D eigenvalue weighted by Gasteiger charge is 2.25. The largest absolute Gasteiger partial charge is 0.870 e. The molecule has 1 atom stereocenters. The maximum atomic E-state index is 13.0. The summed E-state index contributed by atoms with van der Waals surface area (Å²) in [4.78, 5) is 26.9. The fraction of sp³-hybridized carbons (Fsp3) is 0.296. The number of halogens is 2. The van der Waals surface area contributed by atoms with Gasteiger partial charge in [-0.05, 0) is 55.5 Å². The molecule has 36 heavy (non-hydrogen) atoms. The van der Waals surface area contributed by atoms with Gasteiger partial charge < -0.3 is 19.7 Å². The smallest absolute Gasteiger partial charge is 0.338 e. The number of hydrogen-bond donors (Lipinski definition) is 0. The highest BCUT2D eigenvalue weighted by molar-refractivity contribution is 6.35. The van der Waals surface area contributed by atoms with E-state index in [0.717, 1.165) is 37.5 Å². The van der Waals surface area contributed by atoms with Gasteiger partial charge in [0.15, 0.2) is 23.9 Å². The Morgan fingerprint density at radius 2 is 1.72 bits per heavy atom. The van der Waals surface area contributed by atoms with Crippen molar-refractivity contribution in [1.29, 1.82) is 0 Å². The molecule has 1 unspecified atom stereocenters. The average Bonchev–Trinajstić information content (AvgIpc) is 3.38. The van der Waals surface area contributed by atoms with E-state index in [-0.39, 0.29) is 18.0 Å². The van der Waals surface area contributed by atoms with Crippen LogP contribution in [0.2, 0.25) is 10.0 Å². The highest BCUT2D eigenvalue weighted by atomic mass is 35.5. The fourth-order valence-corrected chi connectivity index (χ4v) is 4.68. The van der Waals surface area contributed by atoms with Crippen molar-refractivity contribution in [3.63, 3.8) is 0 Å². The molecular weight excluding hydrogens is 505 g/mol. The second-order valence-electron chi connectivity index (χ2n) is 8.40. The number of aromatic amines is 1. The molecule has 2 N–H and O–H groups in total. The summed E-state index contributed by atoms with van der Waals surface area (Å²) in [7, 11) is 1.59. The Morgan fingerprint density at radius 3 is 2.33 bits per heavy atom. The summed E-state index contributed by atoms with van der Waals surface area (Å²) in [5.74, 6) is 0.684. The molecule has 7 nitrogen and oxygen atoms in total. The Kier molecular flexibility index (Phi) is 9.70. The van der Waals surface area contributed by atoms with Crippen LogP contribution in [0.25, 0.3) is 0 Å². The molecule has 0 spiro atoms. The molecule has 4 rings (SSSR count). The number of benzene rings is 2. The first-order chi connectivity index (χ1) is 17.0. The van der Waals surface area contributed by atoms with Crippen molar-refractivity contribution in [2.24, 2.45) is 0 Å². The van der Waals surface area contributed by atoms with Crippen LogP contribution in [-0.4, -0.2) is 30.9 Å². The van der Waals surface area contributed by atoms with Crippen LogP contribution in [0.15, 0.2) is 54.9 Å². The number of hydrogen-bond acceptors (Lipinski definition) is 6. The topological polar surface area (TPSA) is 106 Å². The average molecular weight is 532 g/mol. The zero-order valence-electron chi connectivity index (χ0n) is 19.7. The van der Waals surface area contributed by atoms with Crippen LogP contribution < -0.4 is 14.5 Å². The third-order valence-corrected chi connectivity index (χ3v) is 6.75. The van der Waals surface area contributed by atoms with E-state index in [1.165, 1.54) is 0 Å². The quantitative estimate of drug-likeness (QED) is 0.250. The van der Waals surface area contributed by atoms with Crippen LogP contribution in [0, 0.1) is 0 Å². The van der Waals surface area contributed by atoms with E-state index in [0.29, 0.717) is 38.2 Å². The predicted octanol–water partition coefficient (Wildman–Crippen LogP) is 5.91. The Morgan fingerprint density at radius 1 is 1.06 bits per heavy atom. The zero-order chi connectivity index (χ0) is 24.8. The van der Waals surface area contributed by atoms with Crippen LogP contribution in [0.1, 0.15) is 63.6 Å². The number of aldehydes is 1. The number of carbonyl (C=O) groups excluding carboxylic acids is 2. The Hall–Kier alpha value is -3.13. The predicted molar refractivity (Wildman–Crippen MR) is 135 cm³/mol. The third kappa shape index (κ3) is 6.55. The van der Waals surface area contributed by atoms with Crippen molar-refractivity contribution >= 4 is 35.5 Å². The van der Waals surface area contributed by atoms with E-state index in [1.54, 1.807) is 49.8 Å². The molecule has 1 heterocycles. The lowest BCUT2D eigenvalue weighted by atomic mass is 10.0. The third-order valence-electron chi connectivity index (χ3n) is 6.07. The van der Waals surface area contributed by atoms with E-state index >= 15 is 0 Å². The lowest BCUT2D eigenvalue weighted by molar-refractivity contribution is -0.377. The van der Waals surface area contributed by atoms with E-state index in [2.05, 4.69) is 4.98 Å². The molecule has 0 bridgehead atoms. The van der Waals surface area contributed by atoms with Crippen molar-refractivity contribution < 1.29 is 34.3 Å². The number of rotatable bonds is 9. The number of aromatic nitrogens is 1. The van der Waals surface area contributed by atoms with Crippen LogP contribution in [0.3, 0.4) is 0 Å². The minimum absolute atomic E-state index is 0. The van der Waals surface area contributed by atoms with Gasteiger partial charge in [0.25, 0.3) is 0 Å². The summed E-state index contributed by atoms with van der Waals surface area (Å²) in [5.41, 5.74) is 2.17. The lowest BCUT2D eigenvalue weighted by Gasteiger charge is -2.22. The summed E-state index contributed by atoms with van der Waals surface area (Å²) in [5, 5.41) is 0.870. The Balaban J connectivity index is 0.00000361. The van der Waals surface area contributed by atoms with Gasteiger partial charge in [-0.15, -0.1) is 0 Å². The molecule has 0 saturated heterocycles. The zero-order valence-corrected chi connectivity index (χ0v) is 21.2. The second-order valence-corrected chi connectivity index (χ2v) is 9.22. The molecule has 1 aromatic heterocycles. The van der Waals surface area contributed by atoms with Crippen LogP contribution in [0.5, 0.6) is 11.5 Å². The number of methoxy groups -OCH3 is 1. The van der Waals surface area contributed by atoms with Gasteiger partial charge in [0.1, 0.15) is 22.4 Å². The molecule has 9 heteroatoms. The minimum atomic E-state index is -0.706. The molecule has 0 radical (unpaired) electrons. The van der Waals surface area contributed by atoms with Gasteiger partial charge in [0.05, 0.1) is 18.8 Å². The lowest BCUT2D eigenvalue weighted by Crippen LogP contribution is -2.16.